The lowest BCUT2D eigenvalue weighted by molar-refractivity contribution is -0.123. The molecule has 0 spiro atoms. The van der Waals surface area contributed by atoms with Crippen LogP contribution in [-0.2, 0) is 11.3 Å². The summed E-state index contributed by atoms with van der Waals surface area (Å²) in [6.45, 7) is 4.41. The fraction of sp³-hybridized carbons (Fsp3) is 0.333. The van der Waals surface area contributed by atoms with Crippen molar-refractivity contribution >= 4 is 5.78 Å². The molecule has 1 heterocycles. The summed E-state index contributed by atoms with van der Waals surface area (Å²) < 4.78 is 1.92. The second-order valence-electron chi connectivity index (χ2n) is 4.52. The van der Waals surface area contributed by atoms with Gasteiger partial charge in [-0.25, -0.2) is 4.98 Å². The van der Waals surface area contributed by atoms with E-state index in [4.69, 9.17) is 0 Å². The maximum Gasteiger partial charge on any atom is 0.155 e. The van der Waals surface area contributed by atoms with Crippen LogP contribution in [0.3, 0.4) is 0 Å². The Labute approximate surface area is 107 Å². The fourth-order valence-corrected chi connectivity index (χ4v) is 1.84. The molecule has 0 aliphatic carbocycles. The highest BCUT2D eigenvalue weighted by Gasteiger charge is 2.13. The molecule has 94 valence electrons. The van der Waals surface area contributed by atoms with Crippen LogP contribution in [0, 0.1) is 5.92 Å². The molecule has 0 saturated heterocycles. The second-order valence-corrected chi connectivity index (χ2v) is 4.52. The van der Waals surface area contributed by atoms with Crippen LogP contribution >= 0.6 is 0 Å². The molecule has 2 aromatic rings. The summed E-state index contributed by atoms with van der Waals surface area (Å²) in [5.41, 5.74) is 1.04. The molecule has 0 amide bonds. The summed E-state index contributed by atoms with van der Waals surface area (Å²) in [6.07, 6.45) is 4.49. The van der Waals surface area contributed by atoms with Gasteiger partial charge in [-0.15, -0.1) is 0 Å². The van der Waals surface area contributed by atoms with Gasteiger partial charge in [0.2, 0.25) is 0 Å². The first-order valence-corrected chi connectivity index (χ1v) is 6.31. The molecule has 18 heavy (non-hydrogen) atoms. The summed E-state index contributed by atoms with van der Waals surface area (Å²) in [5.74, 6) is 1.22. The predicted octanol–water partition coefficient (Wildman–Crippen LogP) is 3.17. The molecular formula is C15H18N2O. The van der Waals surface area contributed by atoms with Crippen molar-refractivity contribution < 1.29 is 4.79 Å². The van der Waals surface area contributed by atoms with E-state index in [-0.39, 0.29) is 11.7 Å². The maximum atomic E-state index is 12.0. The highest BCUT2D eigenvalue weighted by Crippen LogP contribution is 2.17. The number of carbonyl (C=O) groups excluding carboxylic acids is 1. The van der Waals surface area contributed by atoms with Crippen molar-refractivity contribution in [2.75, 3.05) is 0 Å². The largest absolute Gasteiger partial charge is 0.324 e. The summed E-state index contributed by atoms with van der Waals surface area (Å²) in [4.78, 5) is 16.3. The molecule has 3 nitrogen and oxygen atoms in total. The van der Waals surface area contributed by atoms with Crippen molar-refractivity contribution in [3.8, 4) is 11.4 Å². The van der Waals surface area contributed by atoms with E-state index in [0.717, 1.165) is 17.8 Å². The Morgan fingerprint density at radius 2 is 2.06 bits per heavy atom. The minimum absolute atomic E-state index is 0.107. The lowest BCUT2D eigenvalue weighted by Gasteiger charge is -2.10. The normalized spacial score (nSPS) is 12.3. The van der Waals surface area contributed by atoms with Crippen LogP contribution in [-0.4, -0.2) is 15.3 Å². The Bertz CT molecular complexity index is 516. The average molecular weight is 242 g/mol. The van der Waals surface area contributed by atoms with Crippen molar-refractivity contribution in [3.05, 3.63) is 42.7 Å². The summed E-state index contributed by atoms with van der Waals surface area (Å²) in [7, 11) is 0. The van der Waals surface area contributed by atoms with Crippen LogP contribution < -0.4 is 0 Å². The monoisotopic (exact) mass is 242 g/mol. The number of nitrogens with zero attached hydrogens (tertiary/aromatic N) is 2. The van der Waals surface area contributed by atoms with E-state index >= 15 is 0 Å². The SMILES string of the molecule is CCC(C)C(=O)Cn1ccnc1-c1ccccc1. The Balaban J connectivity index is 2.21. The van der Waals surface area contributed by atoms with Gasteiger partial charge in [-0.2, -0.15) is 0 Å². The molecule has 3 heteroatoms. The third-order valence-corrected chi connectivity index (χ3v) is 3.24. The molecule has 1 atom stereocenters. The van der Waals surface area contributed by atoms with Crippen LogP contribution in [0.1, 0.15) is 20.3 Å². The molecule has 0 aliphatic rings. The van der Waals surface area contributed by atoms with Crippen molar-refractivity contribution in [1.82, 2.24) is 9.55 Å². The van der Waals surface area contributed by atoms with Crippen molar-refractivity contribution in [2.45, 2.75) is 26.8 Å². The quantitative estimate of drug-likeness (QED) is 0.807. The van der Waals surface area contributed by atoms with Gasteiger partial charge in [0.05, 0.1) is 6.54 Å². The summed E-state index contributed by atoms with van der Waals surface area (Å²) in [6, 6.07) is 9.94. The number of benzene rings is 1. The molecule has 2 rings (SSSR count). The number of Topliss-reactive ketones (excluding diaryl/α,β-unsaturated/α-hetero) is 1. The topological polar surface area (TPSA) is 34.9 Å². The Kier molecular flexibility index (Phi) is 3.92. The third-order valence-electron chi connectivity index (χ3n) is 3.24. The highest BCUT2D eigenvalue weighted by molar-refractivity contribution is 5.81. The van der Waals surface area contributed by atoms with Crippen molar-refractivity contribution in [3.63, 3.8) is 0 Å². The van der Waals surface area contributed by atoms with Crippen LogP contribution in [0.2, 0.25) is 0 Å². The molecule has 0 N–H and O–H groups in total. The number of imidazole rings is 1. The highest BCUT2D eigenvalue weighted by atomic mass is 16.1. The van der Waals surface area contributed by atoms with Gasteiger partial charge in [-0.05, 0) is 6.42 Å². The molecule has 1 aromatic carbocycles. The molecule has 1 aromatic heterocycles. The van der Waals surface area contributed by atoms with Gasteiger partial charge in [-0.3, -0.25) is 4.79 Å². The summed E-state index contributed by atoms with van der Waals surface area (Å²) >= 11 is 0. The maximum absolute atomic E-state index is 12.0. The van der Waals surface area contributed by atoms with Crippen LogP contribution in [0.5, 0.6) is 0 Å². The number of ketones is 1. The Hall–Kier alpha value is -1.90. The first kappa shape index (κ1) is 12.6. The molecule has 1 unspecified atom stereocenters. The van der Waals surface area contributed by atoms with E-state index in [0.29, 0.717) is 6.54 Å². The standard InChI is InChI=1S/C15H18N2O/c1-3-12(2)14(18)11-17-10-9-16-15(17)13-7-5-4-6-8-13/h4-10,12H,3,11H2,1-2H3. The first-order chi connectivity index (χ1) is 8.72. The first-order valence-electron chi connectivity index (χ1n) is 6.31. The van der Waals surface area contributed by atoms with E-state index in [9.17, 15) is 4.79 Å². The Morgan fingerprint density at radius 3 is 2.72 bits per heavy atom. The lowest BCUT2D eigenvalue weighted by Crippen LogP contribution is -2.17. The molecule has 0 saturated carbocycles. The minimum Gasteiger partial charge on any atom is -0.324 e. The smallest absolute Gasteiger partial charge is 0.155 e. The van der Waals surface area contributed by atoms with Gasteiger partial charge in [0.25, 0.3) is 0 Å². The number of hydrogen-bond donors (Lipinski definition) is 0. The molecule has 0 fully saturated rings. The van der Waals surface area contributed by atoms with Gasteiger partial charge < -0.3 is 4.57 Å². The second kappa shape index (κ2) is 5.63. The molecule has 0 bridgehead atoms. The van der Waals surface area contributed by atoms with E-state index in [1.54, 1.807) is 6.20 Å². The van der Waals surface area contributed by atoms with Gasteiger partial charge >= 0.3 is 0 Å². The van der Waals surface area contributed by atoms with Crippen molar-refractivity contribution in [2.24, 2.45) is 5.92 Å². The van der Waals surface area contributed by atoms with Crippen LogP contribution in [0.4, 0.5) is 0 Å². The van der Waals surface area contributed by atoms with Crippen LogP contribution in [0.25, 0.3) is 11.4 Å². The van der Waals surface area contributed by atoms with Gasteiger partial charge in [0, 0.05) is 23.9 Å². The van der Waals surface area contributed by atoms with E-state index in [1.165, 1.54) is 0 Å². The van der Waals surface area contributed by atoms with E-state index in [2.05, 4.69) is 4.98 Å². The van der Waals surface area contributed by atoms with Crippen molar-refractivity contribution in [1.29, 1.82) is 0 Å². The summed E-state index contributed by atoms with van der Waals surface area (Å²) in [5, 5.41) is 0. The number of carbonyl (C=O) groups is 1. The van der Waals surface area contributed by atoms with Gasteiger partial charge in [0.15, 0.2) is 5.78 Å². The van der Waals surface area contributed by atoms with Crippen LogP contribution in [0.15, 0.2) is 42.7 Å². The lowest BCUT2D eigenvalue weighted by atomic mass is 10.0. The number of hydrogen-bond acceptors (Lipinski definition) is 2. The predicted molar refractivity (Wildman–Crippen MR) is 72.1 cm³/mol. The van der Waals surface area contributed by atoms with Gasteiger partial charge in [-0.1, -0.05) is 44.2 Å². The van der Waals surface area contributed by atoms with E-state index < -0.39 is 0 Å². The third kappa shape index (κ3) is 2.67. The zero-order chi connectivity index (χ0) is 13.0. The average Bonchev–Trinajstić information content (AvgIpc) is 2.86. The fourth-order valence-electron chi connectivity index (χ4n) is 1.84. The zero-order valence-corrected chi connectivity index (χ0v) is 10.8. The number of aromatic nitrogens is 2. The number of rotatable bonds is 5. The molecule has 0 radical (unpaired) electrons. The molecule has 0 aliphatic heterocycles. The molecular weight excluding hydrogens is 224 g/mol. The van der Waals surface area contributed by atoms with E-state index in [1.807, 2.05) is 54.9 Å². The van der Waals surface area contributed by atoms with Gasteiger partial charge in [0.1, 0.15) is 5.82 Å². The minimum atomic E-state index is 0.107. The Morgan fingerprint density at radius 1 is 1.33 bits per heavy atom. The zero-order valence-electron chi connectivity index (χ0n) is 10.8.